The zero-order chi connectivity index (χ0) is 23.0. The fraction of sp³-hybridized carbons (Fsp3) is 0.609. The maximum Gasteiger partial charge on any atom is 0.497 e. The fourth-order valence-corrected chi connectivity index (χ4v) is 6.24. The summed E-state index contributed by atoms with van der Waals surface area (Å²) in [7, 11) is -3.10. The minimum Gasteiger partial charge on any atom is -0.303 e. The number of aryl methyl sites for hydroxylation is 1. The quantitative estimate of drug-likeness (QED) is 0.551. The molecule has 178 valence electrons. The van der Waals surface area contributed by atoms with Gasteiger partial charge in [0.25, 0.3) is 0 Å². The van der Waals surface area contributed by atoms with Gasteiger partial charge in [-0.05, 0) is 68.2 Å². The van der Waals surface area contributed by atoms with E-state index < -0.39 is 10.0 Å². The standard InChI is InChI=1S/C23H32N6O3S/c1-3-20-19-8-4-5-9-21(19)29(25-20)23-24-22(32-26-23)18-10-13-27(14-11-18)15-17-7-6-12-28(16-17)33(2,30)31/h4-5,8-9,17-18H,3,6-7,10-16H2,1-2H3/p+1. The van der Waals surface area contributed by atoms with E-state index in [1.54, 1.807) is 4.31 Å². The van der Waals surface area contributed by atoms with Gasteiger partial charge < -0.3 is 4.90 Å². The maximum atomic E-state index is 11.9. The SMILES string of the molecule is CCc1[nH][n+](-c2noc(C3CCN(CC4CCCN(S(C)(=O)=O)C4)CC3)n2)c2ccccc12. The second kappa shape index (κ2) is 9.15. The molecule has 9 nitrogen and oxygen atoms in total. The van der Waals surface area contributed by atoms with Crippen LogP contribution in [0.3, 0.4) is 0 Å². The zero-order valence-electron chi connectivity index (χ0n) is 19.4. The van der Waals surface area contributed by atoms with E-state index in [1.807, 2.05) is 16.8 Å². The normalized spacial score (nSPS) is 21.7. The number of aromatic nitrogens is 4. The molecule has 3 aromatic rings. The predicted molar refractivity (Wildman–Crippen MR) is 125 cm³/mol. The smallest absolute Gasteiger partial charge is 0.303 e. The van der Waals surface area contributed by atoms with Crippen LogP contribution in [0.15, 0.2) is 28.8 Å². The molecule has 1 N–H and O–H groups in total. The number of nitrogens with zero attached hydrogens (tertiary/aromatic N) is 5. The molecule has 2 aliphatic heterocycles. The van der Waals surface area contributed by atoms with Gasteiger partial charge in [0.1, 0.15) is 10.7 Å². The molecule has 0 aliphatic carbocycles. The van der Waals surface area contributed by atoms with E-state index in [0.717, 1.165) is 62.9 Å². The first-order chi connectivity index (χ1) is 15.9. The van der Waals surface area contributed by atoms with Gasteiger partial charge in [-0.15, -0.1) is 4.68 Å². The Hall–Kier alpha value is -2.30. The molecule has 2 saturated heterocycles. The van der Waals surface area contributed by atoms with E-state index in [0.29, 0.717) is 30.8 Å². The second-order valence-electron chi connectivity index (χ2n) is 9.43. The van der Waals surface area contributed by atoms with Gasteiger partial charge in [0.05, 0.1) is 17.9 Å². The van der Waals surface area contributed by atoms with Gasteiger partial charge in [-0.2, -0.15) is 0 Å². The number of likely N-dealkylation sites (tertiary alicyclic amines) is 1. The average molecular weight is 474 g/mol. The Labute approximate surface area is 194 Å². The van der Waals surface area contributed by atoms with E-state index in [2.05, 4.69) is 34.2 Å². The number of piperidine rings is 2. The molecule has 0 bridgehead atoms. The van der Waals surface area contributed by atoms with Crippen LogP contribution in [0.25, 0.3) is 16.9 Å². The lowest BCUT2D eigenvalue weighted by Crippen LogP contribution is -2.44. The van der Waals surface area contributed by atoms with E-state index in [9.17, 15) is 8.42 Å². The molecular formula is C23H33N6O3S+. The summed E-state index contributed by atoms with van der Waals surface area (Å²) >= 11 is 0. The van der Waals surface area contributed by atoms with E-state index in [1.165, 1.54) is 11.6 Å². The van der Waals surface area contributed by atoms with Crippen LogP contribution in [0.5, 0.6) is 0 Å². The molecule has 0 radical (unpaired) electrons. The van der Waals surface area contributed by atoms with Gasteiger partial charge in [0.2, 0.25) is 10.0 Å². The summed E-state index contributed by atoms with van der Waals surface area (Å²) in [6.45, 7) is 6.33. The van der Waals surface area contributed by atoms with Crippen LogP contribution in [-0.4, -0.2) is 71.8 Å². The summed E-state index contributed by atoms with van der Waals surface area (Å²) < 4.78 is 33.1. The van der Waals surface area contributed by atoms with Gasteiger partial charge in [0.15, 0.2) is 0 Å². The Bertz CT molecular complexity index is 1210. The molecule has 10 heteroatoms. The van der Waals surface area contributed by atoms with Gasteiger partial charge in [0, 0.05) is 25.0 Å². The Morgan fingerprint density at radius 2 is 1.97 bits per heavy atom. The Morgan fingerprint density at radius 1 is 1.18 bits per heavy atom. The van der Waals surface area contributed by atoms with Crippen molar-refractivity contribution >= 4 is 20.9 Å². The molecule has 0 amide bonds. The predicted octanol–water partition coefficient (Wildman–Crippen LogP) is 2.24. The topological polar surface area (TPSA) is 99.2 Å². The number of sulfonamides is 1. The van der Waals surface area contributed by atoms with Gasteiger partial charge in [-0.1, -0.05) is 19.1 Å². The Balaban J connectivity index is 1.22. The molecule has 1 atom stereocenters. The first-order valence-electron chi connectivity index (χ1n) is 12.0. The number of fused-ring (bicyclic) bond motifs is 1. The molecule has 2 fully saturated rings. The molecule has 0 saturated carbocycles. The van der Waals surface area contributed by atoms with Crippen molar-refractivity contribution in [1.29, 1.82) is 0 Å². The van der Waals surface area contributed by atoms with E-state index >= 15 is 0 Å². The van der Waals surface area contributed by atoms with Crippen LogP contribution in [0.1, 0.15) is 50.1 Å². The van der Waals surface area contributed by atoms with Gasteiger partial charge in [-0.3, -0.25) is 4.52 Å². The van der Waals surface area contributed by atoms with Crippen molar-refractivity contribution in [2.45, 2.75) is 44.9 Å². The number of nitrogens with one attached hydrogen (secondary N) is 1. The third-order valence-corrected chi connectivity index (χ3v) is 8.38. The maximum absolute atomic E-state index is 11.9. The van der Waals surface area contributed by atoms with Crippen molar-refractivity contribution in [3.63, 3.8) is 0 Å². The van der Waals surface area contributed by atoms with Crippen molar-refractivity contribution in [3.8, 4) is 5.95 Å². The van der Waals surface area contributed by atoms with Crippen LogP contribution < -0.4 is 4.68 Å². The summed E-state index contributed by atoms with van der Waals surface area (Å²) in [6.07, 6.45) is 6.21. The number of aromatic amines is 1. The molecule has 2 aromatic heterocycles. The number of hydrogen-bond donors (Lipinski definition) is 1. The average Bonchev–Trinajstić information content (AvgIpc) is 3.44. The minimum atomic E-state index is -3.10. The van der Waals surface area contributed by atoms with Crippen LogP contribution >= 0.6 is 0 Å². The minimum absolute atomic E-state index is 0.258. The number of para-hydroxylation sites is 1. The summed E-state index contributed by atoms with van der Waals surface area (Å²) in [5, 5.41) is 8.87. The third-order valence-electron chi connectivity index (χ3n) is 7.11. The molecule has 0 spiro atoms. The first-order valence-corrected chi connectivity index (χ1v) is 13.8. The second-order valence-corrected chi connectivity index (χ2v) is 11.4. The van der Waals surface area contributed by atoms with Gasteiger partial charge in [-0.25, -0.2) is 17.8 Å². The number of hydrogen-bond acceptors (Lipinski definition) is 6. The molecule has 1 unspecified atom stereocenters. The Morgan fingerprint density at radius 3 is 2.73 bits per heavy atom. The lowest BCUT2D eigenvalue weighted by molar-refractivity contribution is -0.638. The van der Waals surface area contributed by atoms with Crippen LogP contribution in [0.2, 0.25) is 0 Å². The highest BCUT2D eigenvalue weighted by atomic mass is 32.2. The molecule has 5 rings (SSSR count). The summed E-state index contributed by atoms with van der Waals surface area (Å²) in [4.78, 5) is 7.20. The summed E-state index contributed by atoms with van der Waals surface area (Å²) in [5.74, 6) is 1.92. The van der Waals surface area contributed by atoms with Crippen molar-refractivity contribution in [2.24, 2.45) is 5.92 Å². The largest absolute Gasteiger partial charge is 0.497 e. The van der Waals surface area contributed by atoms with Crippen molar-refractivity contribution in [3.05, 3.63) is 35.9 Å². The highest BCUT2D eigenvalue weighted by Gasteiger charge is 2.33. The lowest BCUT2D eigenvalue weighted by atomic mass is 9.94. The lowest BCUT2D eigenvalue weighted by Gasteiger charge is -2.36. The number of rotatable bonds is 6. The molecular weight excluding hydrogens is 440 g/mol. The third kappa shape index (κ3) is 4.69. The molecule has 4 heterocycles. The summed E-state index contributed by atoms with van der Waals surface area (Å²) in [5.41, 5.74) is 2.20. The zero-order valence-corrected chi connectivity index (χ0v) is 20.2. The van der Waals surface area contributed by atoms with E-state index in [-0.39, 0.29) is 5.92 Å². The van der Waals surface area contributed by atoms with Crippen molar-refractivity contribution in [1.82, 2.24) is 24.4 Å². The molecule has 33 heavy (non-hydrogen) atoms. The van der Waals surface area contributed by atoms with Crippen molar-refractivity contribution < 1.29 is 17.6 Å². The highest BCUT2D eigenvalue weighted by molar-refractivity contribution is 7.88. The first kappa shape index (κ1) is 22.5. The Kier molecular flexibility index (Phi) is 6.24. The van der Waals surface area contributed by atoms with E-state index in [4.69, 9.17) is 9.51 Å². The summed E-state index contributed by atoms with van der Waals surface area (Å²) in [6, 6.07) is 8.24. The van der Waals surface area contributed by atoms with Crippen LogP contribution in [0.4, 0.5) is 0 Å². The fourth-order valence-electron chi connectivity index (χ4n) is 5.29. The van der Waals surface area contributed by atoms with Gasteiger partial charge >= 0.3 is 11.8 Å². The van der Waals surface area contributed by atoms with Crippen LogP contribution in [-0.2, 0) is 16.4 Å². The number of H-pyrrole nitrogens is 1. The molecule has 2 aliphatic rings. The van der Waals surface area contributed by atoms with Crippen molar-refractivity contribution in [2.75, 3.05) is 39.0 Å². The highest BCUT2D eigenvalue weighted by Crippen LogP contribution is 2.29. The van der Waals surface area contributed by atoms with Crippen LogP contribution in [0, 0.1) is 5.92 Å². The monoisotopic (exact) mass is 473 g/mol. The number of benzene rings is 1. The molecule has 1 aromatic carbocycles.